The molecule has 3 aromatic rings. The lowest BCUT2D eigenvalue weighted by atomic mass is 9.86. The summed E-state index contributed by atoms with van der Waals surface area (Å²) in [6.45, 7) is 1.29. The van der Waals surface area contributed by atoms with Gasteiger partial charge in [-0.25, -0.2) is 12.8 Å². The Balaban J connectivity index is 1.66. The van der Waals surface area contributed by atoms with Crippen LogP contribution in [-0.4, -0.2) is 38.0 Å². The van der Waals surface area contributed by atoms with Crippen LogP contribution in [0.25, 0.3) is 0 Å². The summed E-state index contributed by atoms with van der Waals surface area (Å²) in [4.78, 5) is 17.1. The van der Waals surface area contributed by atoms with Crippen molar-refractivity contribution in [1.29, 1.82) is 0 Å². The van der Waals surface area contributed by atoms with E-state index in [2.05, 4.69) is 10.3 Å². The molecule has 1 aliphatic heterocycles. The van der Waals surface area contributed by atoms with E-state index in [0.29, 0.717) is 0 Å². The lowest BCUT2D eigenvalue weighted by Crippen LogP contribution is -2.58. The second kappa shape index (κ2) is 11.2. The maximum Gasteiger partial charge on any atom is 0.423 e. The second-order valence-corrected chi connectivity index (χ2v) is 10.9. The molecular weight excluding hydrogens is 554 g/mol. The quantitative estimate of drug-likeness (QED) is 0.355. The zero-order valence-corrected chi connectivity index (χ0v) is 22.1. The monoisotopic (exact) mass is 579 g/mol. The van der Waals surface area contributed by atoms with Crippen LogP contribution in [0.2, 0.25) is 0 Å². The first-order valence-electron chi connectivity index (χ1n) is 11.9. The van der Waals surface area contributed by atoms with Gasteiger partial charge in [0.1, 0.15) is 12.1 Å². The minimum atomic E-state index is -5.13. The van der Waals surface area contributed by atoms with Crippen LogP contribution in [0.5, 0.6) is 0 Å². The Morgan fingerprint density at radius 3 is 2.42 bits per heavy atom. The fourth-order valence-corrected chi connectivity index (χ4v) is 4.74. The number of hydrogen-bond acceptors (Lipinski definition) is 6. The van der Waals surface area contributed by atoms with Crippen molar-refractivity contribution in [2.45, 2.75) is 37.3 Å². The largest absolute Gasteiger partial charge is 0.459 e. The smallest absolute Gasteiger partial charge is 0.423 e. The van der Waals surface area contributed by atoms with Gasteiger partial charge in [0.25, 0.3) is 0 Å². The predicted octanol–water partition coefficient (Wildman–Crippen LogP) is 4.73. The van der Waals surface area contributed by atoms with Crippen LogP contribution >= 0.6 is 0 Å². The number of anilines is 1. The Bertz CT molecular complexity index is 1500. The number of alkyl halides is 3. The normalized spacial score (nSPS) is 17.6. The van der Waals surface area contributed by atoms with E-state index in [1.165, 1.54) is 25.3 Å². The first kappa shape index (κ1) is 28.9. The van der Waals surface area contributed by atoms with E-state index in [1.54, 1.807) is 30.3 Å². The summed E-state index contributed by atoms with van der Waals surface area (Å²) in [6.07, 6.45) is -2.19. The molecule has 1 amide bonds. The third kappa shape index (κ3) is 6.19. The lowest BCUT2D eigenvalue weighted by molar-refractivity contribution is -0.204. The van der Waals surface area contributed by atoms with Crippen LogP contribution in [0.3, 0.4) is 0 Å². The summed E-state index contributed by atoms with van der Waals surface area (Å²) in [6, 6.07) is 14.5. The zero-order valence-electron chi connectivity index (χ0n) is 21.3. The lowest BCUT2D eigenvalue weighted by Gasteiger charge is -2.37. The second-order valence-electron chi connectivity index (χ2n) is 9.17. The molecule has 40 heavy (non-hydrogen) atoms. The third-order valence-electron chi connectivity index (χ3n) is 6.21. The summed E-state index contributed by atoms with van der Waals surface area (Å²) in [5.41, 5.74) is -3.22. The Labute approximate surface area is 228 Å². The topological polar surface area (TPSA) is 107 Å². The van der Waals surface area contributed by atoms with Crippen LogP contribution in [0.4, 0.5) is 23.2 Å². The van der Waals surface area contributed by atoms with Gasteiger partial charge in [0.15, 0.2) is 5.76 Å². The van der Waals surface area contributed by atoms with E-state index in [-0.39, 0.29) is 17.7 Å². The summed E-state index contributed by atoms with van der Waals surface area (Å²) < 4.78 is 95.6. The van der Waals surface area contributed by atoms with E-state index in [9.17, 15) is 17.6 Å². The first-order chi connectivity index (χ1) is 18.8. The number of aromatic nitrogens is 1. The molecule has 0 radical (unpaired) electrons. The molecule has 4 rings (SSSR count). The Hall–Kier alpha value is -4.13. The van der Waals surface area contributed by atoms with Gasteiger partial charge >= 0.3 is 6.18 Å². The highest BCUT2D eigenvalue weighted by Gasteiger charge is 2.63. The average Bonchev–Trinajstić information content (AvgIpc) is 3.36. The number of sulfonamides is 1. The van der Waals surface area contributed by atoms with Gasteiger partial charge in [0, 0.05) is 24.4 Å². The van der Waals surface area contributed by atoms with Gasteiger partial charge in [0.2, 0.25) is 27.8 Å². The van der Waals surface area contributed by atoms with Crippen molar-refractivity contribution >= 4 is 21.6 Å². The molecule has 212 valence electrons. The van der Waals surface area contributed by atoms with E-state index >= 15 is 13.2 Å². The molecule has 0 saturated heterocycles. The highest BCUT2D eigenvalue weighted by molar-refractivity contribution is 7.92. The van der Waals surface area contributed by atoms with Crippen molar-refractivity contribution in [3.63, 3.8) is 0 Å². The average molecular weight is 580 g/mol. The van der Waals surface area contributed by atoms with Crippen LogP contribution in [-0.2, 0) is 36.3 Å². The maximum atomic E-state index is 15.0. The first-order valence-corrected chi connectivity index (χ1v) is 13.8. The fraction of sp³-hybridized carbons (Fsp3) is 0.259. The molecule has 0 saturated carbocycles. The molecule has 13 heteroatoms. The molecular formula is C27H25F4N3O5S. The molecule has 2 N–H and O–H groups in total. The molecule has 8 nitrogen and oxygen atoms in total. The Morgan fingerprint density at radius 1 is 1.10 bits per heavy atom. The van der Waals surface area contributed by atoms with Crippen LogP contribution < -0.4 is 10.0 Å². The van der Waals surface area contributed by atoms with E-state index in [0.717, 1.165) is 42.5 Å². The molecule has 0 spiro atoms. The van der Waals surface area contributed by atoms with Crippen molar-refractivity contribution in [3.05, 3.63) is 108 Å². The number of hydrogen-bond donors (Lipinski definition) is 2. The molecule has 0 fully saturated rings. The fourth-order valence-electron chi connectivity index (χ4n) is 4.17. The highest BCUT2D eigenvalue weighted by atomic mass is 32.2. The highest BCUT2D eigenvalue weighted by Crippen LogP contribution is 2.47. The van der Waals surface area contributed by atoms with Gasteiger partial charge in [-0.05, 0) is 36.2 Å². The van der Waals surface area contributed by atoms with E-state index < -0.39 is 57.0 Å². The molecule has 1 aliphatic rings. The molecule has 3 atom stereocenters. The summed E-state index contributed by atoms with van der Waals surface area (Å²) in [7, 11) is -3.79. The SMILES string of the molecule is CC(C(=O)NC(C1=COC(Cc2ccccc2)O1)(c1cccnc1)C(F)(F)F)c1ccc(NS(C)(=O)=O)c(F)c1. The van der Waals surface area contributed by atoms with Crippen molar-refractivity contribution in [2.24, 2.45) is 0 Å². The zero-order chi connectivity index (χ0) is 29.1. The number of rotatable bonds is 9. The minimum absolute atomic E-state index is 0.0100. The standard InChI is InChI=1S/C27H25F4N3O5S/c1-17(19-10-11-22(21(28)14-19)34-40(2,36)37)25(35)33-26(27(29,30)31,20-9-6-12-32-15-20)23-16-38-24(39-23)13-18-7-4-3-5-8-18/h3-12,14-17,24,34H,13H2,1-2H3,(H,33,35). The summed E-state index contributed by atoms with van der Waals surface area (Å²) >= 11 is 0. The number of nitrogens with one attached hydrogen (secondary N) is 2. The minimum Gasteiger partial charge on any atom is -0.459 e. The molecule has 2 aromatic carbocycles. The van der Waals surface area contributed by atoms with Crippen molar-refractivity contribution in [2.75, 3.05) is 11.0 Å². The Kier molecular flexibility index (Phi) is 8.05. The number of halogens is 4. The number of amides is 1. The van der Waals surface area contributed by atoms with Crippen LogP contribution in [0.1, 0.15) is 29.5 Å². The van der Waals surface area contributed by atoms with Crippen LogP contribution in [0.15, 0.2) is 85.1 Å². The number of carbonyl (C=O) groups is 1. The van der Waals surface area contributed by atoms with Crippen molar-refractivity contribution in [3.8, 4) is 0 Å². The van der Waals surface area contributed by atoms with Gasteiger partial charge in [-0.15, -0.1) is 0 Å². The molecule has 1 aromatic heterocycles. The number of pyridine rings is 1. The van der Waals surface area contributed by atoms with Crippen molar-refractivity contribution < 1.29 is 40.2 Å². The number of carbonyl (C=O) groups excluding carboxylic acids is 1. The predicted molar refractivity (Wildman–Crippen MR) is 138 cm³/mol. The third-order valence-corrected chi connectivity index (χ3v) is 6.80. The number of nitrogens with zero attached hydrogens (tertiary/aromatic N) is 1. The summed E-state index contributed by atoms with van der Waals surface area (Å²) in [5, 5.41) is 2.07. The number of ether oxygens (including phenoxy) is 2. The van der Waals surface area contributed by atoms with Gasteiger partial charge in [-0.1, -0.05) is 42.5 Å². The van der Waals surface area contributed by atoms with Gasteiger partial charge in [0.05, 0.1) is 17.9 Å². The molecule has 2 heterocycles. The van der Waals surface area contributed by atoms with E-state index in [1.807, 2.05) is 4.72 Å². The van der Waals surface area contributed by atoms with Crippen LogP contribution in [0, 0.1) is 5.82 Å². The molecule has 0 aliphatic carbocycles. The maximum absolute atomic E-state index is 15.0. The van der Waals surface area contributed by atoms with E-state index in [4.69, 9.17) is 9.47 Å². The van der Waals surface area contributed by atoms with Gasteiger partial charge in [-0.2, -0.15) is 13.2 Å². The summed E-state index contributed by atoms with van der Waals surface area (Å²) in [5.74, 6) is -4.10. The number of benzene rings is 2. The van der Waals surface area contributed by atoms with Gasteiger partial charge in [-0.3, -0.25) is 14.5 Å². The van der Waals surface area contributed by atoms with Gasteiger partial charge < -0.3 is 14.8 Å². The molecule has 3 unspecified atom stereocenters. The molecule has 0 bridgehead atoms. The Morgan fingerprint density at radius 2 is 1.82 bits per heavy atom. The van der Waals surface area contributed by atoms with Crippen molar-refractivity contribution in [1.82, 2.24) is 10.3 Å².